The summed E-state index contributed by atoms with van der Waals surface area (Å²) in [7, 11) is 0. The van der Waals surface area contributed by atoms with Crippen molar-refractivity contribution in [2.75, 3.05) is 0 Å². The van der Waals surface area contributed by atoms with E-state index in [0.717, 1.165) is 17.7 Å². The lowest BCUT2D eigenvalue weighted by molar-refractivity contribution is -0.131. The smallest absolute Gasteiger partial charge is 0.308 e. The number of hydrogen-bond donors (Lipinski definition) is 0. The maximum atomic E-state index is 11.0. The van der Waals surface area contributed by atoms with Gasteiger partial charge >= 0.3 is 5.97 Å². The molecule has 0 amide bonds. The molecule has 1 rings (SSSR count). The number of carbonyl (C=O) groups excluding carboxylic acids is 1. The van der Waals surface area contributed by atoms with Gasteiger partial charge in [0.15, 0.2) is 0 Å². The standard InChI is InChI=1S/C16H24O2/c1-3-4-5-6-7-8-11-15-12-9-10-13-16(15)18-14(2)17/h9-10,12-13H,3-8,11H2,1-2H3. The number of carbonyl (C=O) groups is 1. The van der Waals surface area contributed by atoms with Crippen molar-refractivity contribution in [3.05, 3.63) is 29.8 Å². The molecule has 2 nitrogen and oxygen atoms in total. The summed E-state index contributed by atoms with van der Waals surface area (Å²) >= 11 is 0. The van der Waals surface area contributed by atoms with E-state index in [0.29, 0.717) is 0 Å². The molecule has 100 valence electrons. The first-order valence-corrected chi connectivity index (χ1v) is 7.00. The third-order valence-corrected chi connectivity index (χ3v) is 3.03. The Morgan fingerprint density at radius 2 is 1.72 bits per heavy atom. The molecule has 0 saturated heterocycles. The third kappa shape index (κ3) is 5.85. The highest BCUT2D eigenvalue weighted by atomic mass is 16.5. The fourth-order valence-electron chi connectivity index (χ4n) is 2.06. The van der Waals surface area contributed by atoms with Gasteiger partial charge in [-0.2, -0.15) is 0 Å². The molecular formula is C16H24O2. The first-order chi connectivity index (χ1) is 8.74. The number of benzene rings is 1. The van der Waals surface area contributed by atoms with E-state index in [1.807, 2.05) is 24.3 Å². The molecule has 0 aliphatic carbocycles. The summed E-state index contributed by atoms with van der Waals surface area (Å²) < 4.78 is 5.20. The second-order valence-corrected chi connectivity index (χ2v) is 4.72. The van der Waals surface area contributed by atoms with Crippen molar-refractivity contribution >= 4 is 5.97 Å². The zero-order valence-corrected chi connectivity index (χ0v) is 11.6. The van der Waals surface area contributed by atoms with Crippen molar-refractivity contribution in [3.63, 3.8) is 0 Å². The Bertz CT molecular complexity index is 358. The summed E-state index contributed by atoms with van der Waals surface area (Å²) in [4.78, 5) is 11.0. The second kappa shape index (κ2) is 8.73. The summed E-state index contributed by atoms with van der Waals surface area (Å²) in [5, 5.41) is 0. The minimum atomic E-state index is -0.245. The van der Waals surface area contributed by atoms with Gasteiger partial charge in [0.05, 0.1) is 0 Å². The van der Waals surface area contributed by atoms with Crippen molar-refractivity contribution in [3.8, 4) is 5.75 Å². The zero-order chi connectivity index (χ0) is 13.2. The van der Waals surface area contributed by atoms with Crippen LogP contribution >= 0.6 is 0 Å². The average Bonchev–Trinajstić information content (AvgIpc) is 2.35. The van der Waals surface area contributed by atoms with Crippen LogP contribution in [0.15, 0.2) is 24.3 Å². The van der Waals surface area contributed by atoms with Crippen molar-refractivity contribution in [1.29, 1.82) is 0 Å². The van der Waals surface area contributed by atoms with Crippen LogP contribution in [-0.2, 0) is 11.2 Å². The van der Waals surface area contributed by atoms with Crippen LogP contribution in [0.4, 0.5) is 0 Å². The lowest BCUT2D eigenvalue weighted by atomic mass is 10.0. The Balaban J connectivity index is 2.34. The number of esters is 1. The van der Waals surface area contributed by atoms with Gasteiger partial charge in [0, 0.05) is 6.92 Å². The fraction of sp³-hybridized carbons (Fsp3) is 0.562. The van der Waals surface area contributed by atoms with Gasteiger partial charge in [-0.3, -0.25) is 4.79 Å². The van der Waals surface area contributed by atoms with Gasteiger partial charge in [-0.1, -0.05) is 57.2 Å². The van der Waals surface area contributed by atoms with E-state index >= 15 is 0 Å². The van der Waals surface area contributed by atoms with Crippen molar-refractivity contribution in [2.24, 2.45) is 0 Å². The number of hydrogen-bond acceptors (Lipinski definition) is 2. The first-order valence-electron chi connectivity index (χ1n) is 7.00. The summed E-state index contributed by atoms with van der Waals surface area (Å²) in [6.07, 6.45) is 8.69. The van der Waals surface area contributed by atoms with Crippen LogP contribution in [0, 0.1) is 0 Å². The minimum absolute atomic E-state index is 0.245. The Labute approximate surface area is 110 Å². The highest BCUT2D eigenvalue weighted by Crippen LogP contribution is 2.20. The SMILES string of the molecule is CCCCCCCCc1ccccc1OC(C)=O. The largest absolute Gasteiger partial charge is 0.426 e. The van der Waals surface area contributed by atoms with Gasteiger partial charge in [-0.25, -0.2) is 0 Å². The molecule has 1 aromatic carbocycles. The molecule has 2 heteroatoms. The minimum Gasteiger partial charge on any atom is -0.426 e. The maximum Gasteiger partial charge on any atom is 0.308 e. The van der Waals surface area contributed by atoms with Crippen LogP contribution < -0.4 is 4.74 Å². The highest BCUT2D eigenvalue weighted by Gasteiger charge is 2.04. The van der Waals surface area contributed by atoms with Crippen LogP contribution in [0.2, 0.25) is 0 Å². The monoisotopic (exact) mass is 248 g/mol. The molecule has 0 atom stereocenters. The summed E-state index contributed by atoms with van der Waals surface area (Å²) in [5.74, 6) is 0.476. The number of aryl methyl sites for hydroxylation is 1. The average molecular weight is 248 g/mol. The summed E-state index contributed by atoms with van der Waals surface area (Å²) in [5.41, 5.74) is 1.14. The van der Waals surface area contributed by atoms with E-state index in [2.05, 4.69) is 6.92 Å². The second-order valence-electron chi connectivity index (χ2n) is 4.72. The molecule has 1 aromatic rings. The van der Waals surface area contributed by atoms with Crippen molar-refractivity contribution in [1.82, 2.24) is 0 Å². The Morgan fingerprint density at radius 1 is 1.06 bits per heavy atom. The molecule has 0 N–H and O–H groups in total. The van der Waals surface area contributed by atoms with Crippen molar-refractivity contribution < 1.29 is 9.53 Å². The van der Waals surface area contributed by atoms with Crippen LogP contribution in [0.3, 0.4) is 0 Å². The molecule has 0 radical (unpaired) electrons. The summed E-state index contributed by atoms with van der Waals surface area (Å²) in [6.45, 7) is 3.68. The molecule has 0 heterocycles. The molecule has 0 aliphatic rings. The van der Waals surface area contributed by atoms with Crippen LogP contribution in [0.1, 0.15) is 57.9 Å². The summed E-state index contributed by atoms with van der Waals surface area (Å²) in [6, 6.07) is 7.82. The van der Waals surface area contributed by atoms with E-state index < -0.39 is 0 Å². The molecule has 0 unspecified atom stereocenters. The van der Waals surface area contributed by atoms with Gasteiger partial charge in [0.25, 0.3) is 0 Å². The van der Waals surface area contributed by atoms with Crippen molar-refractivity contribution in [2.45, 2.75) is 58.8 Å². The van der Waals surface area contributed by atoms with Gasteiger partial charge in [0.1, 0.15) is 5.75 Å². The molecule has 0 spiro atoms. The molecule has 0 aromatic heterocycles. The molecule has 0 bridgehead atoms. The van der Waals surface area contributed by atoms with Gasteiger partial charge in [-0.05, 0) is 24.5 Å². The number of rotatable bonds is 8. The fourth-order valence-corrected chi connectivity index (χ4v) is 2.06. The van der Waals surface area contributed by atoms with Gasteiger partial charge in [-0.15, -0.1) is 0 Å². The number of unbranched alkanes of at least 4 members (excludes halogenated alkanes) is 5. The van der Waals surface area contributed by atoms with Gasteiger partial charge < -0.3 is 4.74 Å². The molecule has 0 aliphatic heterocycles. The Morgan fingerprint density at radius 3 is 2.44 bits per heavy atom. The van der Waals surface area contributed by atoms with Gasteiger partial charge in [0.2, 0.25) is 0 Å². The molecule has 0 saturated carbocycles. The lowest BCUT2D eigenvalue weighted by Gasteiger charge is -2.08. The topological polar surface area (TPSA) is 26.3 Å². The van der Waals surface area contributed by atoms with E-state index in [9.17, 15) is 4.79 Å². The highest BCUT2D eigenvalue weighted by molar-refractivity contribution is 5.69. The van der Waals surface area contributed by atoms with Crippen LogP contribution in [-0.4, -0.2) is 5.97 Å². The first kappa shape index (κ1) is 14.7. The number of ether oxygens (including phenoxy) is 1. The van der Waals surface area contributed by atoms with Crippen LogP contribution in [0.25, 0.3) is 0 Å². The predicted molar refractivity (Wildman–Crippen MR) is 74.8 cm³/mol. The van der Waals surface area contributed by atoms with E-state index in [4.69, 9.17) is 4.74 Å². The Hall–Kier alpha value is -1.31. The third-order valence-electron chi connectivity index (χ3n) is 3.03. The molecular weight excluding hydrogens is 224 g/mol. The van der Waals surface area contributed by atoms with E-state index in [1.54, 1.807) is 0 Å². The predicted octanol–water partition coefficient (Wildman–Crippen LogP) is 4.51. The lowest BCUT2D eigenvalue weighted by Crippen LogP contribution is -2.03. The van der Waals surface area contributed by atoms with Crippen LogP contribution in [0.5, 0.6) is 5.75 Å². The molecule has 0 fully saturated rings. The molecule has 18 heavy (non-hydrogen) atoms. The van der Waals surface area contributed by atoms with E-state index in [-0.39, 0.29) is 5.97 Å². The number of para-hydroxylation sites is 1. The normalized spacial score (nSPS) is 10.3. The quantitative estimate of drug-likeness (QED) is 0.384. The Kier molecular flexibility index (Phi) is 7.16. The van der Waals surface area contributed by atoms with E-state index in [1.165, 1.54) is 45.4 Å². The zero-order valence-electron chi connectivity index (χ0n) is 11.6. The maximum absolute atomic E-state index is 11.0.